The number of anilines is 2. The monoisotopic (exact) mass is 257 g/mol. The first-order chi connectivity index (χ1) is 9.19. The van der Waals surface area contributed by atoms with Gasteiger partial charge in [-0.3, -0.25) is 0 Å². The molecule has 3 heteroatoms. The predicted molar refractivity (Wildman–Crippen MR) is 81.2 cm³/mol. The van der Waals surface area contributed by atoms with E-state index in [1.165, 1.54) is 42.0 Å². The summed E-state index contributed by atoms with van der Waals surface area (Å²) in [6, 6.07) is 7.13. The quantitative estimate of drug-likeness (QED) is 0.844. The Morgan fingerprint density at radius 1 is 1.26 bits per heavy atom. The van der Waals surface area contributed by atoms with Crippen molar-refractivity contribution in [3.8, 4) is 0 Å². The summed E-state index contributed by atoms with van der Waals surface area (Å²) in [5.74, 6) is 1.36. The van der Waals surface area contributed by atoms with Gasteiger partial charge in [-0.15, -0.1) is 0 Å². The van der Waals surface area contributed by atoms with Crippen molar-refractivity contribution in [2.75, 3.05) is 17.7 Å². The first-order valence-electron chi connectivity index (χ1n) is 7.25. The summed E-state index contributed by atoms with van der Waals surface area (Å²) >= 11 is 0. The Hall–Kier alpha value is -1.64. The molecule has 1 aromatic rings. The van der Waals surface area contributed by atoms with Crippen LogP contribution in [0.1, 0.15) is 38.7 Å². The molecule has 0 atom stereocenters. The minimum Gasteiger partial charge on any atom is -0.388 e. The third-order valence-corrected chi connectivity index (χ3v) is 4.19. The summed E-state index contributed by atoms with van der Waals surface area (Å²) in [6.45, 7) is 5.56. The summed E-state index contributed by atoms with van der Waals surface area (Å²) < 4.78 is 0. The lowest BCUT2D eigenvalue weighted by molar-refractivity contribution is 0.264. The van der Waals surface area contributed by atoms with Crippen LogP contribution in [0.3, 0.4) is 0 Å². The first-order valence-corrected chi connectivity index (χ1v) is 7.25. The van der Waals surface area contributed by atoms with Crippen molar-refractivity contribution in [1.29, 1.82) is 0 Å². The van der Waals surface area contributed by atoms with Gasteiger partial charge in [-0.1, -0.05) is 6.07 Å². The van der Waals surface area contributed by atoms with Gasteiger partial charge in [0.25, 0.3) is 0 Å². The molecule has 1 fully saturated rings. The highest BCUT2D eigenvalue weighted by atomic mass is 15.3. The Kier molecular flexibility index (Phi) is 3.13. The number of nitrogens with zero attached hydrogens (tertiary/aromatic N) is 1. The van der Waals surface area contributed by atoms with E-state index in [0.29, 0.717) is 6.04 Å². The molecule has 1 aliphatic carbocycles. The van der Waals surface area contributed by atoms with Gasteiger partial charge in [-0.05, 0) is 56.4 Å². The molecule has 102 valence electrons. The van der Waals surface area contributed by atoms with Crippen LogP contribution in [0.2, 0.25) is 0 Å². The Morgan fingerprint density at radius 3 is 2.63 bits per heavy atom. The minimum atomic E-state index is 0.535. The highest BCUT2D eigenvalue weighted by Gasteiger charge is 2.26. The van der Waals surface area contributed by atoms with Gasteiger partial charge in [-0.25, -0.2) is 0 Å². The fourth-order valence-corrected chi connectivity index (χ4v) is 2.77. The second-order valence-electron chi connectivity index (χ2n) is 5.77. The number of allylic oxidation sites excluding steroid dienone is 1. The second kappa shape index (κ2) is 4.80. The van der Waals surface area contributed by atoms with Crippen LogP contribution in [0.15, 0.2) is 29.6 Å². The van der Waals surface area contributed by atoms with E-state index in [9.17, 15) is 0 Å². The van der Waals surface area contributed by atoms with Gasteiger partial charge in [0, 0.05) is 31.0 Å². The largest absolute Gasteiger partial charge is 0.388 e. The second-order valence-corrected chi connectivity index (χ2v) is 5.77. The molecule has 1 aliphatic heterocycles. The molecule has 3 rings (SSSR count). The summed E-state index contributed by atoms with van der Waals surface area (Å²) in [6.07, 6.45) is 3.86. The number of fused-ring (bicyclic) bond motifs is 1. The molecule has 0 unspecified atom stereocenters. The summed E-state index contributed by atoms with van der Waals surface area (Å²) in [7, 11) is 1.97. The molecular weight excluding hydrogens is 234 g/mol. The molecule has 1 saturated carbocycles. The molecule has 1 aromatic carbocycles. The van der Waals surface area contributed by atoms with Crippen molar-refractivity contribution in [2.45, 2.75) is 45.7 Å². The molecule has 0 saturated heterocycles. The Bertz CT molecular complexity index is 511. The topological polar surface area (TPSA) is 27.3 Å². The lowest BCUT2D eigenvalue weighted by Crippen LogP contribution is -2.38. The zero-order chi connectivity index (χ0) is 13.4. The van der Waals surface area contributed by atoms with Gasteiger partial charge >= 0.3 is 0 Å². The van der Waals surface area contributed by atoms with Crippen molar-refractivity contribution >= 4 is 11.4 Å². The van der Waals surface area contributed by atoms with E-state index in [2.05, 4.69) is 47.6 Å². The van der Waals surface area contributed by atoms with Gasteiger partial charge in [0.15, 0.2) is 0 Å². The highest BCUT2D eigenvalue weighted by Crippen LogP contribution is 2.37. The average molecular weight is 257 g/mol. The van der Waals surface area contributed by atoms with Crippen LogP contribution in [-0.2, 0) is 6.54 Å². The van der Waals surface area contributed by atoms with Gasteiger partial charge in [0.05, 0.1) is 0 Å². The van der Waals surface area contributed by atoms with Gasteiger partial charge < -0.3 is 15.5 Å². The maximum absolute atomic E-state index is 3.67. The first kappa shape index (κ1) is 12.4. The minimum absolute atomic E-state index is 0.535. The van der Waals surface area contributed by atoms with Crippen LogP contribution in [0, 0.1) is 0 Å². The van der Waals surface area contributed by atoms with Crippen molar-refractivity contribution in [1.82, 2.24) is 4.90 Å². The Morgan fingerprint density at radius 2 is 2.05 bits per heavy atom. The number of rotatable bonds is 2. The van der Waals surface area contributed by atoms with Crippen LogP contribution >= 0.6 is 0 Å². The zero-order valence-corrected chi connectivity index (χ0v) is 12.1. The molecule has 19 heavy (non-hydrogen) atoms. The Balaban J connectivity index is 1.98. The van der Waals surface area contributed by atoms with Gasteiger partial charge in [0.1, 0.15) is 5.82 Å². The fraction of sp³-hybridized carbons (Fsp3) is 0.500. The lowest BCUT2D eigenvalue weighted by atomic mass is 9.90. The van der Waals surface area contributed by atoms with E-state index in [1.807, 2.05) is 7.05 Å². The lowest BCUT2D eigenvalue weighted by Gasteiger charge is -2.40. The standard InChI is InChI=1S/C16H23N3/c1-11(2)19-10-13-7-8-14(17-3)9-15(13)18-16(19)12-5-4-6-12/h7-9,11,17-18H,4-6,10H2,1-3H3. The van der Waals surface area contributed by atoms with Crippen molar-refractivity contribution in [3.05, 3.63) is 35.2 Å². The molecule has 1 heterocycles. The van der Waals surface area contributed by atoms with Crippen LogP contribution in [0.25, 0.3) is 0 Å². The molecule has 0 aromatic heterocycles. The maximum Gasteiger partial charge on any atom is 0.105 e. The zero-order valence-electron chi connectivity index (χ0n) is 12.1. The van der Waals surface area contributed by atoms with Crippen molar-refractivity contribution < 1.29 is 0 Å². The SMILES string of the molecule is CNc1ccc2c(c1)NC(=C1CCC1)N(C(C)C)C2. The number of benzene rings is 1. The summed E-state index contributed by atoms with van der Waals surface area (Å²) in [5, 5.41) is 6.88. The van der Waals surface area contributed by atoms with Crippen LogP contribution in [0.4, 0.5) is 11.4 Å². The average Bonchev–Trinajstić information content (AvgIpc) is 2.35. The van der Waals surface area contributed by atoms with E-state index in [1.54, 1.807) is 5.57 Å². The van der Waals surface area contributed by atoms with E-state index in [-0.39, 0.29) is 0 Å². The van der Waals surface area contributed by atoms with Crippen molar-refractivity contribution in [3.63, 3.8) is 0 Å². The molecule has 0 radical (unpaired) electrons. The fourth-order valence-electron chi connectivity index (χ4n) is 2.77. The maximum atomic E-state index is 3.67. The predicted octanol–water partition coefficient (Wildman–Crippen LogP) is 3.76. The molecule has 2 N–H and O–H groups in total. The van der Waals surface area contributed by atoms with E-state index in [4.69, 9.17) is 0 Å². The van der Waals surface area contributed by atoms with Crippen LogP contribution < -0.4 is 10.6 Å². The van der Waals surface area contributed by atoms with Crippen LogP contribution in [0.5, 0.6) is 0 Å². The summed E-state index contributed by atoms with van der Waals surface area (Å²) in [4.78, 5) is 2.50. The normalized spacial score (nSPS) is 18.0. The number of hydrogen-bond donors (Lipinski definition) is 2. The molecule has 0 amide bonds. The molecule has 0 spiro atoms. The van der Waals surface area contributed by atoms with Crippen LogP contribution in [-0.4, -0.2) is 18.0 Å². The Labute approximate surface area is 115 Å². The van der Waals surface area contributed by atoms with E-state index in [0.717, 1.165) is 6.54 Å². The van der Waals surface area contributed by atoms with E-state index < -0.39 is 0 Å². The summed E-state index contributed by atoms with van der Waals surface area (Å²) in [5.41, 5.74) is 5.41. The number of nitrogens with one attached hydrogen (secondary N) is 2. The molecule has 0 bridgehead atoms. The van der Waals surface area contributed by atoms with Gasteiger partial charge in [0.2, 0.25) is 0 Å². The highest BCUT2D eigenvalue weighted by molar-refractivity contribution is 5.65. The van der Waals surface area contributed by atoms with Gasteiger partial charge in [-0.2, -0.15) is 0 Å². The molecule has 3 nitrogen and oxygen atoms in total. The third-order valence-electron chi connectivity index (χ3n) is 4.19. The van der Waals surface area contributed by atoms with E-state index >= 15 is 0 Å². The third kappa shape index (κ3) is 2.18. The number of hydrogen-bond acceptors (Lipinski definition) is 3. The smallest absolute Gasteiger partial charge is 0.105 e. The molecule has 2 aliphatic rings. The van der Waals surface area contributed by atoms with Crippen molar-refractivity contribution in [2.24, 2.45) is 0 Å². The molecular formula is C16H23N3.